The Morgan fingerprint density at radius 3 is 2.47 bits per heavy atom. The fraction of sp³-hybridized carbons (Fsp3) is 0.350. The summed E-state index contributed by atoms with van der Waals surface area (Å²) < 4.78 is 14.9. The predicted octanol–water partition coefficient (Wildman–Crippen LogP) is 1.39. The molecule has 1 aromatic carbocycles. The summed E-state index contributed by atoms with van der Waals surface area (Å²) in [4.78, 5) is 73.6. The first kappa shape index (κ1) is 23.7. The third-order valence-corrected chi connectivity index (χ3v) is 5.13. The number of phosphoric ester groups is 1. The summed E-state index contributed by atoms with van der Waals surface area (Å²) in [6, 6.07) is 6.88. The van der Waals surface area contributed by atoms with Crippen molar-refractivity contribution >= 4 is 42.3 Å². The molecule has 1 fully saturated rings. The van der Waals surface area contributed by atoms with E-state index in [1.54, 1.807) is 24.3 Å². The van der Waals surface area contributed by atoms with Crippen LogP contribution in [0.4, 0.5) is 0 Å². The molecule has 1 aliphatic heterocycles. The maximum atomic E-state index is 12.1. The second-order valence-electron chi connectivity index (χ2n) is 7.24. The number of ketones is 1. The number of imide groups is 1. The smallest absolute Gasteiger partial charge is 0.330 e. The molecule has 2 aromatic rings. The van der Waals surface area contributed by atoms with Gasteiger partial charge in [-0.25, -0.2) is 9.36 Å². The minimum absolute atomic E-state index is 0.0258. The van der Waals surface area contributed by atoms with Crippen molar-refractivity contribution in [2.45, 2.75) is 38.5 Å². The van der Waals surface area contributed by atoms with Crippen LogP contribution in [0.15, 0.2) is 30.5 Å². The number of phosphoric acid groups is 1. The summed E-state index contributed by atoms with van der Waals surface area (Å²) in [5.41, 5.74) is 1.86. The van der Waals surface area contributed by atoms with Crippen LogP contribution < -0.4 is 0 Å². The van der Waals surface area contributed by atoms with Crippen molar-refractivity contribution in [1.29, 1.82) is 0 Å². The molecular weight excluding hydrogens is 443 g/mol. The number of fused-ring (bicyclic) bond motifs is 1. The first-order chi connectivity index (χ1) is 15.1. The quantitative estimate of drug-likeness (QED) is 0.299. The first-order valence-electron chi connectivity index (χ1n) is 9.76. The van der Waals surface area contributed by atoms with Crippen LogP contribution in [0.1, 0.15) is 36.8 Å². The zero-order valence-electron chi connectivity index (χ0n) is 16.9. The number of benzene rings is 1. The molecule has 2 heterocycles. The average Bonchev–Trinajstić information content (AvgIpc) is 3.02. The third kappa shape index (κ3) is 6.76. The van der Waals surface area contributed by atoms with Gasteiger partial charge in [-0.2, -0.15) is 0 Å². The lowest BCUT2D eigenvalue weighted by atomic mass is 10.0. The highest BCUT2D eigenvalue weighted by molar-refractivity contribution is 7.46. The predicted molar refractivity (Wildman–Crippen MR) is 109 cm³/mol. The fourth-order valence-corrected chi connectivity index (χ4v) is 3.51. The molecule has 0 saturated carbocycles. The third-order valence-electron chi connectivity index (χ3n) is 4.61. The monoisotopic (exact) mass is 464 g/mol. The molecule has 11 nitrogen and oxygen atoms in total. The van der Waals surface area contributed by atoms with E-state index in [2.05, 4.69) is 9.51 Å². The Balaban J connectivity index is 1.55. The van der Waals surface area contributed by atoms with Crippen LogP contribution in [-0.4, -0.2) is 50.0 Å². The van der Waals surface area contributed by atoms with Crippen LogP contribution in [0.3, 0.4) is 0 Å². The van der Waals surface area contributed by atoms with Crippen LogP contribution in [0, 0.1) is 0 Å². The Kier molecular flexibility index (Phi) is 7.47. The summed E-state index contributed by atoms with van der Waals surface area (Å²) in [5.74, 6) is -1.94. The lowest BCUT2D eigenvalue weighted by Gasteiger charge is -2.12. The maximum absolute atomic E-state index is 12.1. The summed E-state index contributed by atoms with van der Waals surface area (Å²) in [6.07, 6.45) is 1.86. The van der Waals surface area contributed by atoms with Crippen LogP contribution in [0.25, 0.3) is 10.9 Å². The minimum atomic E-state index is -4.53. The van der Waals surface area contributed by atoms with E-state index in [0.717, 1.165) is 5.39 Å². The molecular formula is C20H21N2O9P. The molecule has 12 heteroatoms. The van der Waals surface area contributed by atoms with Crippen molar-refractivity contribution < 1.29 is 42.9 Å². The number of hydrogen-bond donors (Lipinski definition) is 2. The van der Waals surface area contributed by atoms with Crippen molar-refractivity contribution in [1.82, 2.24) is 10.0 Å². The largest absolute Gasteiger partial charge is 0.469 e. The van der Waals surface area contributed by atoms with Crippen LogP contribution in [-0.2, 0) is 45.9 Å². The highest BCUT2D eigenvalue weighted by Gasteiger charge is 2.32. The van der Waals surface area contributed by atoms with E-state index in [4.69, 9.17) is 14.6 Å². The van der Waals surface area contributed by atoms with E-state index < -0.39 is 25.6 Å². The standard InChI is InChI=1S/C20H21N2O9P/c23-16(2-1-7-30-32(27,28)29)9-14-8-15-4-3-13(10-17(15)21-12-14)11-20(26)31-22-18(24)5-6-19(22)25/h3-4,8,10,12H,1-2,5-7,9,11H2,(H2,27,28,29). The number of rotatable bonds is 10. The molecule has 0 bridgehead atoms. The molecule has 170 valence electrons. The number of hydroxylamine groups is 2. The minimum Gasteiger partial charge on any atom is -0.330 e. The lowest BCUT2D eigenvalue weighted by Crippen LogP contribution is -2.32. The summed E-state index contributed by atoms with van der Waals surface area (Å²) in [5, 5.41) is 1.26. The molecule has 0 atom stereocenters. The van der Waals surface area contributed by atoms with Gasteiger partial charge in [-0.15, -0.1) is 5.06 Å². The number of pyridine rings is 1. The van der Waals surface area contributed by atoms with Gasteiger partial charge in [0.25, 0.3) is 11.8 Å². The summed E-state index contributed by atoms with van der Waals surface area (Å²) >= 11 is 0. The lowest BCUT2D eigenvalue weighted by molar-refractivity contribution is -0.197. The van der Waals surface area contributed by atoms with Gasteiger partial charge < -0.3 is 14.6 Å². The van der Waals surface area contributed by atoms with E-state index in [1.807, 2.05) is 0 Å². The molecule has 32 heavy (non-hydrogen) atoms. The molecule has 2 amide bonds. The Labute approximate surface area is 182 Å². The van der Waals surface area contributed by atoms with Gasteiger partial charge >= 0.3 is 13.8 Å². The number of carbonyl (C=O) groups excluding carboxylic acids is 4. The van der Waals surface area contributed by atoms with Crippen molar-refractivity contribution in [3.8, 4) is 0 Å². The second kappa shape index (κ2) is 10.1. The van der Waals surface area contributed by atoms with Crippen LogP contribution in [0.5, 0.6) is 0 Å². The van der Waals surface area contributed by atoms with Gasteiger partial charge in [-0.05, 0) is 29.7 Å². The van der Waals surface area contributed by atoms with E-state index >= 15 is 0 Å². The van der Waals surface area contributed by atoms with Gasteiger partial charge in [0.05, 0.1) is 18.5 Å². The summed E-state index contributed by atoms with van der Waals surface area (Å²) in [7, 11) is -4.53. The zero-order valence-corrected chi connectivity index (χ0v) is 17.8. The number of carbonyl (C=O) groups is 4. The second-order valence-corrected chi connectivity index (χ2v) is 8.47. The Morgan fingerprint density at radius 2 is 1.78 bits per heavy atom. The van der Waals surface area contributed by atoms with Crippen molar-refractivity contribution in [2.75, 3.05) is 6.61 Å². The van der Waals surface area contributed by atoms with E-state index in [9.17, 15) is 23.7 Å². The molecule has 0 unspecified atom stereocenters. The number of hydrogen-bond acceptors (Lipinski definition) is 8. The van der Waals surface area contributed by atoms with Gasteiger partial charge in [-0.3, -0.25) is 23.9 Å². The summed E-state index contributed by atoms with van der Waals surface area (Å²) in [6.45, 7) is -0.211. The molecule has 1 saturated heterocycles. The number of aromatic nitrogens is 1. The van der Waals surface area contributed by atoms with Gasteiger partial charge in [-0.1, -0.05) is 12.1 Å². The maximum Gasteiger partial charge on any atom is 0.469 e. The van der Waals surface area contributed by atoms with Crippen molar-refractivity contribution in [2.24, 2.45) is 0 Å². The van der Waals surface area contributed by atoms with Gasteiger partial charge in [0.15, 0.2) is 0 Å². The van der Waals surface area contributed by atoms with Gasteiger partial charge in [0.2, 0.25) is 0 Å². The topological polar surface area (TPSA) is 160 Å². The molecule has 1 aliphatic rings. The van der Waals surface area contributed by atoms with Crippen molar-refractivity contribution in [3.63, 3.8) is 0 Å². The Bertz CT molecular complexity index is 1100. The number of Topliss-reactive ketones (excluding diaryl/α,β-unsaturated/α-hetero) is 1. The first-order valence-corrected chi connectivity index (χ1v) is 11.3. The van der Waals surface area contributed by atoms with E-state index in [-0.39, 0.29) is 50.9 Å². The molecule has 0 aliphatic carbocycles. The highest BCUT2D eigenvalue weighted by Crippen LogP contribution is 2.35. The number of amides is 2. The molecule has 0 radical (unpaired) electrons. The fourth-order valence-electron chi connectivity index (χ4n) is 3.15. The van der Waals surface area contributed by atoms with Crippen LogP contribution >= 0.6 is 7.82 Å². The average molecular weight is 464 g/mol. The van der Waals surface area contributed by atoms with Gasteiger partial charge in [0, 0.05) is 37.3 Å². The Morgan fingerprint density at radius 1 is 1.06 bits per heavy atom. The highest BCUT2D eigenvalue weighted by atomic mass is 31.2. The van der Waals surface area contributed by atoms with Gasteiger partial charge in [0.1, 0.15) is 5.78 Å². The normalized spacial score (nSPS) is 14.2. The van der Waals surface area contributed by atoms with Crippen molar-refractivity contribution in [3.05, 3.63) is 41.6 Å². The van der Waals surface area contributed by atoms with Crippen LogP contribution in [0.2, 0.25) is 0 Å². The zero-order chi connectivity index (χ0) is 23.3. The van der Waals surface area contributed by atoms with E-state index in [1.165, 1.54) is 6.20 Å². The SMILES string of the molecule is O=C(CCCOP(=O)(O)O)Cc1cnc2cc(CC(=O)ON3C(=O)CCC3=O)ccc2c1. The number of nitrogens with zero attached hydrogens (tertiary/aromatic N) is 2. The molecule has 1 aromatic heterocycles. The molecule has 3 rings (SSSR count). The Hall–Kier alpha value is -2.98. The molecule has 0 spiro atoms. The van der Waals surface area contributed by atoms with E-state index in [0.29, 0.717) is 21.7 Å². The molecule has 2 N–H and O–H groups in total.